The van der Waals surface area contributed by atoms with Crippen LogP contribution in [0, 0.1) is 32.5 Å². The highest BCUT2D eigenvalue weighted by molar-refractivity contribution is 5.67. The minimum Gasteiger partial charge on any atom is -1.00 e. The molecule has 0 spiro atoms. The third kappa shape index (κ3) is 39.3. The number of nitrogens with one attached hydrogen (secondary N) is 6. The van der Waals surface area contributed by atoms with Crippen molar-refractivity contribution in [2.75, 3.05) is 119 Å². The Bertz CT molecular complexity index is 1160. The number of rotatable bonds is 30. The molecular formula is C42H108Cl6N18O12. The van der Waals surface area contributed by atoms with Crippen molar-refractivity contribution in [1.82, 2.24) is 0 Å². The first-order valence-electron chi connectivity index (χ1n) is 24.9. The number of hydrogen-bond acceptors (Lipinski definition) is 18. The lowest BCUT2D eigenvalue weighted by atomic mass is 10.7. The highest BCUT2D eigenvalue weighted by Crippen LogP contribution is 2.12. The van der Waals surface area contributed by atoms with Crippen LogP contribution >= 0.6 is 0 Å². The van der Waals surface area contributed by atoms with Crippen molar-refractivity contribution in [1.29, 1.82) is 32.5 Å². The van der Waals surface area contributed by atoms with Crippen molar-refractivity contribution in [2.45, 2.75) is 125 Å². The van der Waals surface area contributed by atoms with E-state index in [4.69, 9.17) is 125 Å². The highest BCUT2D eigenvalue weighted by atomic mass is 35.5. The van der Waals surface area contributed by atoms with Gasteiger partial charge in [-0.15, -0.1) is 0 Å². The Balaban J connectivity index is -0.0000000660. The van der Waals surface area contributed by atoms with Crippen LogP contribution in [0.1, 0.15) is 125 Å². The van der Waals surface area contributed by atoms with Gasteiger partial charge >= 0.3 is 35.8 Å². The fraction of sp³-hybridized carbons (Fsp3) is 0.857. The molecule has 30 nitrogen and oxygen atoms in total. The number of nitrogens with two attached hydrogens (primary N) is 6. The molecule has 0 saturated carbocycles. The molecule has 0 bridgehead atoms. The smallest absolute Gasteiger partial charge is 0.360 e. The maximum atomic E-state index is 7.31. The summed E-state index contributed by atoms with van der Waals surface area (Å²) in [5, 5.41) is 43.8. The second-order valence-corrected chi connectivity index (χ2v) is 13.3. The van der Waals surface area contributed by atoms with Crippen LogP contribution in [-0.2, 0) is 58.1 Å². The Hall–Kier alpha value is -2.16. The summed E-state index contributed by atoms with van der Waals surface area (Å²) in [7, 11) is 0. The number of hydrogen-bond donors (Lipinski definition) is 12. The van der Waals surface area contributed by atoms with Gasteiger partial charge in [0.2, 0.25) is 0 Å². The molecule has 0 aliphatic heterocycles. The molecule has 36 heteroatoms. The summed E-state index contributed by atoms with van der Waals surface area (Å²) >= 11 is 0. The zero-order valence-corrected chi connectivity index (χ0v) is 54.6. The van der Waals surface area contributed by atoms with Gasteiger partial charge in [0.15, 0.2) is 0 Å². The van der Waals surface area contributed by atoms with E-state index in [0.717, 1.165) is 0 Å². The van der Waals surface area contributed by atoms with Gasteiger partial charge in [0, 0.05) is 28.9 Å². The lowest BCUT2D eigenvalue weighted by Gasteiger charge is -2.27. The highest BCUT2D eigenvalue weighted by Gasteiger charge is 2.38. The van der Waals surface area contributed by atoms with Crippen LogP contribution < -0.4 is 109 Å². The minimum atomic E-state index is -0.326. The summed E-state index contributed by atoms with van der Waals surface area (Å²) in [5.74, 6) is -0.743. The molecule has 18 N–H and O–H groups in total. The average Bonchev–Trinajstić information content (AvgIpc) is 3.33. The second-order valence-electron chi connectivity index (χ2n) is 13.3. The third-order valence-electron chi connectivity index (χ3n) is 8.75. The van der Waals surface area contributed by atoms with Gasteiger partial charge in [0.05, 0.1) is 0 Å². The van der Waals surface area contributed by atoms with Crippen molar-refractivity contribution in [3.05, 3.63) is 0 Å². The third-order valence-corrected chi connectivity index (χ3v) is 8.75. The van der Waals surface area contributed by atoms with E-state index in [1.807, 2.05) is 125 Å². The number of quaternary nitrogens is 6. The van der Waals surface area contributed by atoms with Gasteiger partial charge in [-0.25, -0.2) is 32.5 Å². The topological polar surface area (TPSA) is 410 Å². The SMILES string of the molecule is CCO[N+](CC)(OCC)C(=N)N.CCO[N+](CC)(OCC)C(=N)N.CCO[N+](CC)(OCC)C(=N)N.CCO[N+](CC)(OCC)C(=N)N.CCO[N+](CC)(OCC)C(=N)N.CCO[N+](CC)(OCC)C(=N)N.[Cl-].[Cl-].[Cl-].[Cl-].[Cl-].[Cl-]. The van der Waals surface area contributed by atoms with Crippen LogP contribution in [0.15, 0.2) is 0 Å². The predicted molar refractivity (Wildman–Crippen MR) is 276 cm³/mol. The fourth-order valence-corrected chi connectivity index (χ4v) is 5.68. The Kier molecular flexibility index (Phi) is 81.4. The van der Waals surface area contributed by atoms with Crippen LogP contribution in [-0.4, -0.2) is 183 Å². The molecule has 0 rings (SSSR count). The van der Waals surface area contributed by atoms with E-state index in [9.17, 15) is 0 Å². The van der Waals surface area contributed by atoms with Crippen LogP contribution in [0.3, 0.4) is 0 Å². The van der Waals surface area contributed by atoms with E-state index < -0.39 is 0 Å². The Morgan fingerprint density at radius 3 is 0.295 bits per heavy atom. The molecule has 0 aromatic carbocycles. The molecule has 0 heterocycles. The number of halogens is 6. The first-order valence-corrected chi connectivity index (χ1v) is 24.9. The molecule has 0 aliphatic rings. The van der Waals surface area contributed by atoms with Gasteiger partial charge in [-0.1, -0.05) is 0 Å². The Morgan fingerprint density at radius 1 is 0.205 bits per heavy atom. The van der Waals surface area contributed by atoms with E-state index in [2.05, 4.69) is 0 Å². The van der Waals surface area contributed by atoms with E-state index in [-0.39, 0.29) is 139 Å². The summed E-state index contributed by atoms with van der Waals surface area (Å²) in [4.78, 5) is 61.0. The second kappa shape index (κ2) is 60.9. The molecular weight excluding hydrogens is 1160 g/mol. The zero-order valence-electron chi connectivity index (χ0n) is 50.0. The molecule has 78 heavy (non-hydrogen) atoms. The summed E-state index contributed by atoms with van der Waals surface area (Å²) in [5.41, 5.74) is 32.2. The number of hydroxylamine groups is 24. The minimum absolute atomic E-state index is 0. The van der Waals surface area contributed by atoms with E-state index in [1.165, 1.54) is 0 Å². The molecule has 480 valence electrons. The summed E-state index contributed by atoms with van der Waals surface area (Å²) in [6.07, 6.45) is 0. The summed E-state index contributed by atoms with van der Waals surface area (Å²) in [6, 6.07) is 0. The lowest BCUT2D eigenvalue weighted by Crippen LogP contribution is -3.00. The molecule has 0 radical (unpaired) electrons. The van der Waals surface area contributed by atoms with E-state index in [0.29, 0.717) is 119 Å². The summed E-state index contributed by atoms with van der Waals surface area (Å²) < 4.78 is 0. The number of guanidine groups is 6. The molecule has 0 aromatic rings. The zero-order chi connectivity index (χ0) is 57.7. The van der Waals surface area contributed by atoms with Gasteiger partial charge in [0.25, 0.3) is 0 Å². The molecule has 0 atom stereocenters. The maximum Gasteiger partial charge on any atom is 0.360 e. The Morgan fingerprint density at radius 2 is 0.269 bits per heavy atom. The fourth-order valence-electron chi connectivity index (χ4n) is 5.68. The lowest BCUT2D eigenvalue weighted by molar-refractivity contribution is -1.19. The van der Waals surface area contributed by atoms with Crippen molar-refractivity contribution < 1.29 is 161 Å². The maximum absolute atomic E-state index is 7.31. The Labute approximate surface area is 504 Å². The van der Waals surface area contributed by atoms with Gasteiger partial charge < -0.3 is 109 Å². The van der Waals surface area contributed by atoms with Gasteiger partial charge in [-0.05, 0) is 125 Å². The summed E-state index contributed by atoms with van der Waals surface area (Å²) in [6.45, 7) is 41.7. The van der Waals surface area contributed by atoms with Crippen LogP contribution in [0.25, 0.3) is 0 Å². The van der Waals surface area contributed by atoms with Crippen LogP contribution in [0.2, 0.25) is 0 Å². The van der Waals surface area contributed by atoms with Gasteiger partial charge in [-0.2, -0.15) is 58.1 Å². The standard InChI is InChI=1S/6C7H18N3O2.6ClH/c6*1-4-10(7(8)9,11-5-2)12-6-3;;;;;;/h6*4-6H2,1-3H3,(H3,8,9);6*1H/q6*+1;;;;;;/p-6. The normalized spacial score (nSPS) is 10.7. The predicted octanol–water partition coefficient (Wildman–Crippen LogP) is -14.3. The van der Waals surface area contributed by atoms with Gasteiger partial charge in [0.1, 0.15) is 119 Å². The first-order chi connectivity index (χ1) is 33.8. The molecule has 0 amide bonds. The van der Waals surface area contributed by atoms with E-state index in [1.54, 1.807) is 0 Å². The van der Waals surface area contributed by atoms with E-state index >= 15 is 0 Å². The number of nitrogens with zero attached hydrogens (tertiary/aromatic N) is 6. The monoisotopic (exact) mass is 1270 g/mol. The van der Waals surface area contributed by atoms with Crippen LogP contribution in [0.4, 0.5) is 0 Å². The average molecular weight is 1270 g/mol. The molecule has 0 saturated heterocycles. The van der Waals surface area contributed by atoms with Crippen LogP contribution in [0.5, 0.6) is 0 Å². The molecule has 0 unspecified atom stereocenters. The van der Waals surface area contributed by atoms with Gasteiger partial charge in [-0.3, -0.25) is 0 Å². The largest absolute Gasteiger partial charge is 1.00 e. The first kappa shape index (κ1) is 104. The van der Waals surface area contributed by atoms with Crippen molar-refractivity contribution in [3.63, 3.8) is 0 Å². The quantitative estimate of drug-likeness (QED) is 0.0138. The molecule has 0 aromatic heterocycles. The van der Waals surface area contributed by atoms with Crippen molar-refractivity contribution in [3.8, 4) is 0 Å². The molecule has 0 fully saturated rings. The van der Waals surface area contributed by atoms with Crippen molar-refractivity contribution in [2.24, 2.45) is 34.4 Å². The van der Waals surface area contributed by atoms with Crippen molar-refractivity contribution >= 4 is 35.8 Å². The molecule has 0 aliphatic carbocycles.